The van der Waals surface area contributed by atoms with Gasteiger partial charge in [0.2, 0.25) is 0 Å². The van der Waals surface area contributed by atoms with Gasteiger partial charge in [-0.15, -0.1) is 0 Å². The molecule has 0 unspecified atom stereocenters. The zero-order chi connectivity index (χ0) is 24.9. The van der Waals surface area contributed by atoms with Crippen LogP contribution in [0, 0.1) is 17.7 Å². The molecule has 0 aliphatic carbocycles. The van der Waals surface area contributed by atoms with E-state index in [4.69, 9.17) is 16.3 Å². The molecule has 0 saturated carbocycles. The van der Waals surface area contributed by atoms with Crippen LogP contribution in [0.25, 0.3) is 10.9 Å². The molecule has 0 radical (unpaired) electrons. The minimum Gasteiger partial charge on any atom is -0.492 e. The van der Waals surface area contributed by atoms with Gasteiger partial charge in [0.15, 0.2) is 0 Å². The Morgan fingerprint density at radius 2 is 1.88 bits per heavy atom. The number of likely N-dealkylation sites (N-methyl/N-ethyl adjacent to an activating group) is 2. The van der Waals surface area contributed by atoms with Gasteiger partial charge in [-0.05, 0) is 66.2 Å². The van der Waals surface area contributed by atoms with Gasteiger partial charge in [0.05, 0.1) is 28.2 Å². The first-order valence-corrected chi connectivity index (χ1v) is 11.5. The molecule has 0 saturated heterocycles. The molecule has 0 aliphatic heterocycles. The highest BCUT2D eigenvalue weighted by Crippen LogP contribution is 2.30. The third-order valence-corrected chi connectivity index (χ3v) is 5.85. The first-order valence-electron chi connectivity index (χ1n) is 11.1. The third kappa shape index (κ3) is 6.35. The number of hydrogen-bond donors (Lipinski definition) is 1. The van der Waals surface area contributed by atoms with Crippen molar-refractivity contribution in [3.63, 3.8) is 0 Å². The van der Waals surface area contributed by atoms with Gasteiger partial charge < -0.3 is 15.0 Å². The van der Waals surface area contributed by atoms with E-state index in [2.05, 4.69) is 71.9 Å². The van der Waals surface area contributed by atoms with E-state index in [0.717, 1.165) is 24.0 Å². The second-order valence-corrected chi connectivity index (χ2v) is 9.22. The van der Waals surface area contributed by atoms with Crippen LogP contribution in [-0.4, -0.2) is 66.1 Å². The fraction of sp³-hybridized carbons (Fsp3) is 0.385. The monoisotopic (exact) mass is 483 g/mol. The summed E-state index contributed by atoms with van der Waals surface area (Å²) in [6.45, 7) is 8.49. The molecule has 0 spiro atoms. The fourth-order valence-electron chi connectivity index (χ4n) is 3.21. The summed E-state index contributed by atoms with van der Waals surface area (Å²) in [6, 6.07) is 8.24. The molecule has 0 fully saturated rings. The number of rotatable bonds is 8. The molecular formula is C26H31ClFN5O. The number of anilines is 2. The topological polar surface area (TPSA) is 53.5 Å². The predicted octanol–water partition coefficient (Wildman–Crippen LogP) is 5.19. The standard InChI is InChI=1S/C26H31ClFN5O/c1-7-34-24-16-23-20(14-18(24)10-11-26(2,3)33(6)13-12-32(4)5)25(30-17-29-23)31-19-8-9-22(28)21(27)15-19/h8-9,14-17H,7,12-13H2,1-6H3,(H,29,30,31). The molecule has 1 aromatic heterocycles. The Bertz CT molecular complexity index is 1220. The summed E-state index contributed by atoms with van der Waals surface area (Å²) in [5.74, 6) is 7.49. The summed E-state index contributed by atoms with van der Waals surface area (Å²) >= 11 is 5.94. The molecule has 3 rings (SSSR count). The van der Waals surface area contributed by atoms with E-state index < -0.39 is 5.82 Å². The van der Waals surface area contributed by atoms with Gasteiger partial charge in [-0.25, -0.2) is 14.4 Å². The molecule has 1 heterocycles. The van der Waals surface area contributed by atoms with Gasteiger partial charge in [-0.2, -0.15) is 0 Å². The summed E-state index contributed by atoms with van der Waals surface area (Å²) in [5, 5.41) is 4.02. The van der Waals surface area contributed by atoms with E-state index >= 15 is 0 Å². The molecule has 6 nitrogen and oxygen atoms in total. The predicted molar refractivity (Wildman–Crippen MR) is 138 cm³/mol. The summed E-state index contributed by atoms with van der Waals surface area (Å²) < 4.78 is 19.4. The van der Waals surface area contributed by atoms with E-state index in [0.29, 0.717) is 29.4 Å². The highest BCUT2D eigenvalue weighted by Gasteiger charge is 2.21. The molecular weight excluding hydrogens is 453 g/mol. The minimum atomic E-state index is -0.475. The van der Waals surface area contributed by atoms with Crippen LogP contribution in [-0.2, 0) is 0 Å². The number of benzene rings is 2. The van der Waals surface area contributed by atoms with Crippen molar-refractivity contribution in [3.05, 3.63) is 53.1 Å². The van der Waals surface area contributed by atoms with Crippen LogP contribution in [0.1, 0.15) is 26.3 Å². The van der Waals surface area contributed by atoms with Crippen LogP contribution in [0.2, 0.25) is 5.02 Å². The Hall–Kier alpha value is -2.92. The molecule has 3 aromatic rings. The van der Waals surface area contributed by atoms with Gasteiger partial charge in [0.25, 0.3) is 0 Å². The largest absolute Gasteiger partial charge is 0.492 e. The van der Waals surface area contributed by atoms with E-state index in [1.165, 1.54) is 18.5 Å². The molecule has 34 heavy (non-hydrogen) atoms. The molecule has 0 amide bonds. The summed E-state index contributed by atoms with van der Waals surface area (Å²) in [6.07, 6.45) is 1.47. The van der Waals surface area contributed by atoms with Crippen LogP contribution >= 0.6 is 11.6 Å². The maximum Gasteiger partial charge on any atom is 0.141 e. The zero-order valence-electron chi connectivity index (χ0n) is 20.5. The van der Waals surface area contributed by atoms with Gasteiger partial charge >= 0.3 is 0 Å². The number of fused-ring (bicyclic) bond motifs is 1. The van der Waals surface area contributed by atoms with Gasteiger partial charge in [0.1, 0.15) is 23.7 Å². The summed E-state index contributed by atoms with van der Waals surface area (Å²) in [4.78, 5) is 13.2. The first-order chi connectivity index (χ1) is 16.1. The molecule has 2 aromatic carbocycles. The highest BCUT2D eigenvalue weighted by atomic mass is 35.5. The van der Waals surface area contributed by atoms with Crippen LogP contribution in [0.4, 0.5) is 15.9 Å². The molecule has 8 heteroatoms. The van der Waals surface area contributed by atoms with E-state index in [1.807, 2.05) is 19.1 Å². The fourth-order valence-corrected chi connectivity index (χ4v) is 3.39. The van der Waals surface area contributed by atoms with E-state index in [1.54, 1.807) is 6.07 Å². The Kier molecular flexibility index (Phi) is 8.32. The Labute approximate surface area is 206 Å². The van der Waals surface area contributed by atoms with Gasteiger partial charge in [0, 0.05) is 30.2 Å². The third-order valence-electron chi connectivity index (χ3n) is 5.56. The lowest BCUT2D eigenvalue weighted by Crippen LogP contribution is -2.43. The lowest BCUT2D eigenvalue weighted by atomic mass is 10.0. The smallest absolute Gasteiger partial charge is 0.141 e. The number of nitrogens with zero attached hydrogens (tertiary/aromatic N) is 4. The van der Waals surface area contributed by atoms with Crippen LogP contribution < -0.4 is 10.1 Å². The summed E-state index contributed by atoms with van der Waals surface area (Å²) in [7, 11) is 6.19. The van der Waals surface area contributed by atoms with Crippen LogP contribution in [0.15, 0.2) is 36.7 Å². The molecule has 0 aliphatic rings. The number of hydrogen-bond acceptors (Lipinski definition) is 6. The second-order valence-electron chi connectivity index (χ2n) is 8.81. The number of halogens is 2. The normalized spacial score (nSPS) is 11.6. The van der Waals surface area contributed by atoms with Gasteiger partial charge in [-0.1, -0.05) is 23.4 Å². The van der Waals surface area contributed by atoms with Crippen molar-refractivity contribution in [1.82, 2.24) is 19.8 Å². The molecule has 180 valence electrons. The van der Waals surface area contributed by atoms with Crippen molar-refractivity contribution in [1.29, 1.82) is 0 Å². The maximum absolute atomic E-state index is 13.6. The van der Waals surface area contributed by atoms with Crippen molar-refractivity contribution in [2.45, 2.75) is 26.3 Å². The van der Waals surface area contributed by atoms with Gasteiger partial charge in [-0.3, -0.25) is 4.90 Å². The van der Waals surface area contributed by atoms with E-state index in [9.17, 15) is 4.39 Å². The Balaban J connectivity index is 2.01. The highest BCUT2D eigenvalue weighted by molar-refractivity contribution is 6.31. The van der Waals surface area contributed by atoms with Crippen molar-refractivity contribution in [3.8, 4) is 17.6 Å². The molecule has 0 bridgehead atoms. The van der Waals surface area contributed by atoms with Crippen LogP contribution in [0.5, 0.6) is 5.75 Å². The first kappa shape index (κ1) is 25.7. The lowest BCUT2D eigenvalue weighted by Gasteiger charge is -2.31. The van der Waals surface area contributed by atoms with E-state index in [-0.39, 0.29) is 10.6 Å². The number of aromatic nitrogens is 2. The Morgan fingerprint density at radius 3 is 2.56 bits per heavy atom. The number of ether oxygens (including phenoxy) is 1. The van der Waals surface area contributed by atoms with Crippen molar-refractivity contribution < 1.29 is 9.13 Å². The Morgan fingerprint density at radius 1 is 1.12 bits per heavy atom. The molecule has 0 atom stereocenters. The quantitative estimate of drug-likeness (QED) is 0.445. The molecule has 1 N–H and O–H groups in total. The van der Waals surface area contributed by atoms with Crippen molar-refractivity contribution in [2.75, 3.05) is 46.2 Å². The average Bonchev–Trinajstić information content (AvgIpc) is 2.79. The van der Waals surface area contributed by atoms with Crippen LogP contribution in [0.3, 0.4) is 0 Å². The average molecular weight is 484 g/mol. The minimum absolute atomic E-state index is 0.0363. The zero-order valence-corrected chi connectivity index (χ0v) is 21.3. The second kappa shape index (κ2) is 11.0. The van der Waals surface area contributed by atoms with Crippen molar-refractivity contribution >= 4 is 34.0 Å². The summed E-state index contributed by atoms with van der Waals surface area (Å²) in [5.41, 5.74) is 1.74. The maximum atomic E-state index is 13.6. The SMILES string of the molecule is CCOc1cc2ncnc(Nc3ccc(F)c(Cl)c3)c2cc1C#CC(C)(C)N(C)CCN(C)C. The van der Waals surface area contributed by atoms with Crippen molar-refractivity contribution in [2.24, 2.45) is 0 Å². The lowest BCUT2D eigenvalue weighted by molar-refractivity contribution is 0.193. The number of nitrogens with one attached hydrogen (secondary N) is 1.